The standard InChI is InChI=1S/C12H21N5/c1-16-9-14-15-12(16)11-3-2-8-17(11)10-4-6-13-7-5-10/h9-11,13H,2-8H2,1H3. The molecule has 5 nitrogen and oxygen atoms in total. The third-order valence-electron chi connectivity index (χ3n) is 4.12. The summed E-state index contributed by atoms with van der Waals surface area (Å²) >= 11 is 0. The molecule has 0 bridgehead atoms. The molecule has 5 heteroatoms. The van der Waals surface area contributed by atoms with Crippen LogP contribution in [0.25, 0.3) is 0 Å². The molecule has 0 radical (unpaired) electrons. The van der Waals surface area contributed by atoms with Crippen LogP contribution in [-0.4, -0.2) is 45.3 Å². The Kier molecular flexibility index (Phi) is 3.11. The molecule has 0 amide bonds. The number of hydrogen-bond acceptors (Lipinski definition) is 4. The first-order valence-corrected chi connectivity index (χ1v) is 6.66. The Morgan fingerprint density at radius 3 is 2.82 bits per heavy atom. The van der Waals surface area contributed by atoms with E-state index >= 15 is 0 Å². The predicted molar refractivity (Wildman–Crippen MR) is 65.6 cm³/mol. The minimum absolute atomic E-state index is 0.491. The van der Waals surface area contributed by atoms with Crippen molar-refractivity contribution in [3.8, 4) is 0 Å². The molecule has 1 N–H and O–H groups in total. The summed E-state index contributed by atoms with van der Waals surface area (Å²) in [5, 5.41) is 11.8. The molecule has 0 aliphatic carbocycles. The van der Waals surface area contributed by atoms with Gasteiger partial charge in [0.2, 0.25) is 0 Å². The summed E-state index contributed by atoms with van der Waals surface area (Å²) in [4.78, 5) is 2.66. The molecule has 1 aromatic heterocycles. The fourth-order valence-corrected chi connectivity index (χ4v) is 3.24. The summed E-state index contributed by atoms with van der Waals surface area (Å²) < 4.78 is 2.07. The zero-order valence-electron chi connectivity index (χ0n) is 10.5. The predicted octanol–water partition coefficient (Wildman–Crippen LogP) is 0.704. The van der Waals surface area contributed by atoms with E-state index in [9.17, 15) is 0 Å². The van der Waals surface area contributed by atoms with E-state index in [1.807, 2.05) is 13.4 Å². The number of aryl methyl sites for hydroxylation is 1. The average Bonchev–Trinajstić information content (AvgIpc) is 2.98. The number of hydrogen-bond donors (Lipinski definition) is 1. The molecule has 1 atom stereocenters. The van der Waals surface area contributed by atoms with Crippen LogP contribution in [0.5, 0.6) is 0 Å². The van der Waals surface area contributed by atoms with Gasteiger partial charge in [-0.1, -0.05) is 0 Å². The van der Waals surface area contributed by atoms with Gasteiger partial charge >= 0.3 is 0 Å². The van der Waals surface area contributed by atoms with Crippen molar-refractivity contribution < 1.29 is 0 Å². The molecule has 1 aromatic rings. The van der Waals surface area contributed by atoms with Crippen molar-refractivity contribution in [2.24, 2.45) is 7.05 Å². The van der Waals surface area contributed by atoms with E-state index in [1.165, 1.54) is 32.2 Å². The number of aromatic nitrogens is 3. The van der Waals surface area contributed by atoms with Gasteiger partial charge in [-0.3, -0.25) is 4.90 Å². The van der Waals surface area contributed by atoms with Gasteiger partial charge in [0.1, 0.15) is 12.2 Å². The summed E-state index contributed by atoms with van der Waals surface area (Å²) in [7, 11) is 2.05. The quantitative estimate of drug-likeness (QED) is 0.820. The molecule has 2 fully saturated rings. The van der Waals surface area contributed by atoms with E-state index < -0.39 is 0 Å². The highest BCUT2D eigenvalue weighted by Crippen LogP contribution is 2.34. The van der Waals surface area contributed by atoms with Crippen molar-refractivity contribution in [3.05, 3.63) is 12.2 Å². The highest BCUT2D eigenvalue weighted by molar-refractivity contribution is 5.00. The Balaban J connectivity index is 1.77. The van der Waals surface area contributed by atoms with Crippen LogP contribution >= 0.6 is 0 Å². The van der Waals surface area contributed by atoms with Crippen LogP contribution in [0, 0.1) is 0 Å². The van der Waals surface area contributed by atoms with Crippen LogP contribution in [0.15, 0.2) is 6.33 Å². The molecule has 0 spiro atoms. The monoisotopic (exact) mass is 235 g/mol. The van der Waals surface area contributed by atoms with E-state index in [2.05, 4.69) is 25.0 Å². The maximum absolute atomic E-state index is 4.30. The maximum atomic E-state index is 4.30. The van der Waals surface area contributed by atoms with Crippen LogP contribution in [-0.2, 0) is 7.05 Å². The van der Waals surface area contributed by atoms with Crippen molar-refractivity contribution in [3.63, 3.8) is 0 Å². The lowest BCUT2D eigenvalue weighted by atomic mass is 10.0. The first-order chi connectivity index (χ1) is 8.36. The van der Waals surface area contributed by atoms with E-state index in [-0.39, 0.29) is 0 Å². The van der Waals surface area contributed by atoms with Gasteiger partial charge in [-0.05, 0) is 45.3 Å². The lowest BCUT2D eigenvalue weighted by Crippen LogP contribution is -2.43. The van der Waals surface area contributed by atoms with Gasteiger partial charge in [-0.15, -0.1) is 10.2 Å². The zero-order chi connectivity index (χ0) is 11.7. The third kappa shape index (κ3) is 2.09. The number of piperidine rings is 1. The van der Waals surface area contributed by atoms with Crippen molar-refractivity contribution in [1.82, 2.24) is 25.0 Å². The van der Waals surface area contributed by atoms with Gasteiger partial charge in [-0.25, -0.2) is 0 Å². The molecule has 94 valence electrons. The smallest absolute Gasteiger partial charge is 0.149 e. The van der Waals surface area contributed by atoms with Crippen molar-refractivity contribution in [2.75, 3.05) is 19.6 Å². The fourth-order valence-electron chi connectivity index (χ4n) is 3.24. The highest BCUT2D eigenvalue weighted by atomic mass is 15.3. The van der Waals surface area contributed by atoms with Gasteiger partial charge in [0.25, 0.3) is 0 Å². The zero-order valence-corrected chi connectivity index (χ0v) is 10.5. The molecular formula is C12H21N5. The van der Waals surface area contributed by atoms with Crippen LogP contribution < -0.4 is 5.32 Å². The molecule has 1 unspecified atom stereocenters. The topological polar surface area (TPSA) is 46.0 Å². The molecule has 3 rings (SSSR count). The summed E-state index contributed by atoms with van der Waals surface area (Å²) in [6, 6.07) is 1.23. The summed E-state index contributed by atoms with van der Waals surface area (Å²) in [6.45, 7) is 3.54. The van der Waals surface area contributed by atoms with Crippen molar-refractivity contribution in [1.29, 1.82) is 0 Å². The summed E-state index contributed by atoms with van der Waals surface area (Å²) in [5.74, 6) is 1.14. The molecule has 2 saturated heterocycles. The lowest BCUT2D eigenvalue weighted by Gasteiger charge is -2.35. The highest BCUT2D eigenvalue weighted by Gasteiger charge is 2.34. The van der Waals surface area contributed by atoms with Crippen molar-refractivity contribution in [2.45, 2.75) is 37.8 Å². The van der Waals surface area contributed by atoms with Crippen LogP contribution in [0.3, 0.4) is 0 Å². The average molecular weight is 235 g/mol. The minimum atomic E-state index is 0.491. The van der Waals surface area contributed by atoms with Crippen LogP contribution in [0.1, 0.15) is 37.5 Å². The second-order valence-corrected chi connectivity index (χ2v) is 5.18. The normalized spacial score (nSPS) is 27.7. The number of rotatable bonds is 2. The Bertz CT molecular complexity index is 369. The van der Waals surface area contributed by atoms with E-state index in [4.69, 9.17) is 0 Å². The van der Waals surface area contributed by atoms with Crippen molar-refractivity contribution >= 4 is 0 Å². The molecule has 2 aliphatic rings. The second-order valence-electron chi connectivity index (χ2n) is 5.18. The Labute approximate surface area is 102 Å². The number of nitrogens with zero attached hydrogens (tertiary/aromatic N) is 4. The van der Waals surface area contributed by atoms with Crippen LogP contribution in [0.4, 0.5) is 0 Å². The molecule has 3 heterocycles. The molecule has 17 heavy (non-hydrogen) atoms. The Hall–Kier alpha value is -0.940. The van der Waals surface area contributed by atoms with Crippen LogP contribution in [0.2, 0.25) is 0 Å². The largest absolute Gasteiger partial charge is 0.319 e. The first kappa shape index (κ1) is 11.2. The fraction of sp³-hybridized carbons (Fsp3) is 0.833. The molecule has 0 aromatic carbocycles. The van der Waals surface area contributed by atoms with Gasteiger partial charge < -0.3 is 9.88 Å². The van der Waals surface area contributed by atoms with E-state index in [0.29, 0.717) is 6.04 Å². The summed E-state index contributed by atoms with van der Waals surface area (Å²) in [6.07, 6.45) is 6.88. The number of nitrogens with one attached hydrogen (secondary N) is 1. The molecule has 0 saturated carbocycles. The lowest BCUT2D eigenvalue weighted by molar-refractivity contribution is 0.141. The Morgan fingerprint density at radius 1 is 1.29 bits per heavy atom. The minimum Gasteiger partial charge on any atom is -0.319 e. The first-order valence-electron chi connectivity index (χ1n) is 6.66. The third-order valence-corrected chi connectivity index (χ3v) is 4.12. The number of likely N-dealkylation sites (tertiary alicyclic amines) is 1. The Morgan fingerprint density at radius 2 is 2.12 bits per heavy atom. The molecule has 2 aliphatic heterocycles. The van der Waals surface area contributed by atoms with E-state index in [1.54, 1.807) is 0 Å². The second kappa shape index (κ2) is 4.74. The van der Waals surface area contributed by atoms with Gasteiger partial charge in [0.05, 0.1) is 6.04 Å². The van der Waals surface area contributed by atoms with Gasteiger partial charge in [0, 0.05) is 13.1 Å². The van der Waals surface area contributed by atoms with Gasteiger partial charge in [-0.2, -0.15) is 0 Å². The summed E-state index contributed by atoms with van der Waals surface area (Å²) in [5.41, 5.74) is 0. The van der Waals surface area contributed by atoms with Gasteiger partial charge in [0.15, 0.2) is 0 Å². The molecular weight excluding hydrogens is 214 g/mol. The van der Waals surface area contributed by atoms with E-state index in [0.717, 1.165) is 25.0 Å². The SMILES string of the molecule is Cn1cnnc1C1CCCN1C1CCNCC1. The maximum Gasteiger partial charge on any atom is 0.149 e.